The fraction of sp³-hybridized carbons (Fsp3) is 0.375. The lowest BCUT2D eigenvalue weighted by molar-refractivity contribution is -0.384. The molecule has 3 rings (SSSR count). The van der Waals surface area contributed by atoms with Crippen LogP contribution < -0.4 is 0 Å². The first-order valence-electron chi connectivity index (χ1n) is 7.54. The van der Waals surface area contributed by atoms with Crippen LogP contribution in [0.15, 0.2) is 36.4 Å². The van der Waals surface area contributed by atoms with Crippen LogP contribution in [0, 0.1) is 10.1 Å². The van der Waals surface area contributed by atoms with E-state index in [0.29, 0.717) is 18.6 Å². The zero-order valence-corrected chi connectivity index (χ0v) is 12.8. The van der Waals surface area contributed by atoms with Crippen molar-refractivity contribution in [1.29, 1.82) is 0 Å². The van der Waals surface area contributed by atoms with E-state index in [-0.39, 0.29) is 30.9 Å². The number of nitro benzene ring substituents is 1. The van der Waals surface area contributed by atoms with Crippen LogP contribution >= 0.6 is 0 Å². The van der Waals surface area contributed by atoms with Crippen molar-refractivity contribution >= 4 is 17.6 Å². The van der Waals surface area contributed by atoms with E-state index in [1.54, 1.807) is 6.08 Å². The second kappa shape index (κ2) is 6.79. The minimum Gasteiger partial charge on any atom is -0.459 e. The molecule has 1 unspecified atom stereocenters. The minimum absolute atomic E-state index is 0.00933. The summed E-state index contributed by atoms with van der Waals surface area (Å²) in [6.45, 7) is 0.406. The first-order valence-corrected chi connectivity index (χ1v) is 7.54. The number of β-lactam (4-membered cyclic amide) rings is 1. The maximum Gasteiger partial charge on any atom is 0.329 e. The molecule has 1 aromatic carbocycles. The Morgan fingerprint density at radius 1 is 1.33 bits per heavy atom. The summed E-state index contributed by atoms with van der Waals surface area (Å²) in [7, 11) is 0. The monoisotopic (exact) mass is 332 g/mol. The molecule has 0 spiro atoms. The molecule has 1 fully saturated rings. The maximum atomic E-state index is 12.3. The average Bonchev–Trinajstić information content (AvgIpc) is 2.55. The summed E-state index contributed by atoms with van der Waals surface area (Å²) in [6, 6.07) is 5.06. The summed E-state index contributed by atoms with van der Waals surface area (Å²) in [6.07, 6.45) is 3.89. The van der Waals surface area contributed by atoms with Gasteiger partial charge in [0.05, 0.1) is 18.0 Å². The highest BCUT2D eigenvalue weighted by Crippen LogP contribution is 2.27. The largest absolute Gasteiger partial charge is 0.459 e. The molecule has 2 aliphatic heterocycles. The van der Waals surface area contributed by atoms with E-state index in [4.69, 9.17) is 9.47 Å². The van der Waals surface area contributed by atoms with E-state index < -0.39 is 16.9 Å². The lowest BCUT2D eigenvalue weighted by atomic mass is 10.0. The van der Waals surface area contributed by atoms with E-state index in [1.165, 1.54) is 29.2 Å². The van der Waals surface area contributed by atoms with Crippen LogP contribution in [0.25, 0.3) is 0 Å². The molecule has 0 bridgehead atoms. The Kier molecular flexibility index (Phi) is 4.57. The number of non-ortho nitro benzene ring substituents is 1. The topological polar surface area (TPSA) is 99.0 Å². The Labute approximate surface area is 137 Å². The molecule has 1 amide bonds. The predicted octanol–water partition coefficient (Wildman–Crippen LogP) is 1.54. The third-order valence-electron chi connectivity index (χ3n) is 3.99. The molecule has 0 aromatic heterocycles. The first kappa shape index (κ1) is 16.1. The molecule has 0 saturated carbocycles. The smallest absolute Gasteiger partial charge is 0.329 e. The number of fused-ring (bicyclic) bond motifs is 1. The molecule has 126 valence electrons. The summed E-state index contributed by atoms with van der Waals surface area (Å²) < 4.78 is 10.8. The number of carbonyl (C=O) groups excluding carboxylic acids is 2. The number of benzene rings is 1. The number of carbonyl (C=O) groups is 2. The van der Waals surface area contributed by atoms with E-state index in [1.807, 2.05) is 6.08 Å². The van der Waals surface area contributed by atoms with Crippen molar-refractivity contribution in [3.63, 3.8) is 0 Å². The fourth-order valence-electron chi connectivity index (χ4n) is 2.66. The number of hydrogen-bond acceptors (Lipinski definition) is 6. The van der Waals surface area contributed by atoms with Crippen LogP contribution in [0.2, 0.25) is 0 Å². The van der Waals surface area contributed by atoms with Gasteiger partial charge in [0.1, 0.15) is 18.9 Å². The van der Waals surface area contributed by atoms with Gasteiger partial charge in [0.15, 0.2) is 0 Å². The van der Waals surface area contributed by atoms with E-state index in [2.05, 4.69) is 0 Å². The number of ether oxygens (including phenoxy) is 2. The third-order valence-corrected chi connectivity index (χ3v) is 3.99. The molecule has 0 aliphatic carbocycles. The van der Waals surface area contributed by atoms with Crippen LogP contribution in [0.4, 0.5) is 5.69 Å². The third kappa shape index (κ3) is 3.28. The Bertz CT molecular complexity index is 684. The lowest BCUT2D eigenvalue weighted by Crippen LogP contribution is -2.61. The standard InChI is InChI=1S/C16H16N2O6/c19-14-9-15-17(14)13(3-1-2-8-23-15)16(20)24-10-11-4-6-12(7-5-11)18(21)22/h1-2,4-7,13,15H,3,8-10H2/b2-1-/t13?,15-/m1/s1. The van der Waals surface area contributed by atoms with Crippen LogP contribution in [-0.4, -0.2) is 40.6 Å². The fourth-order valence-corrected chi connectivity index (χ4v) is 2.66. The van der Waals surface area contributed by atoms with Crippen molar-refractivity contribution in [3.8, 4) is 0 Å². The van der Waals surface area contributed by atoms with Crippen molar-refractivity contribution in [1.82, 2.24) is 4.90 Å². The van der Waals surface area contributed by atoms with Gasteiger partial charge < -0.3 is 14.4 Å². The molecular weight excluding hydrogens is 316 g/mol. The maximum absolute atomic E-state index is 12.3. The normalized spacial score (nSPS) is 24.2. The molecule has 2 atom stereocenters. The van der Waals surface area contributed by atoms with Crippen molar-refractivity contribution in [2.24, 2.45) is 0 Å². The summed E-state index contributed by atoms with van der Waals surface area (Å²) in [5.41, 5.74) is 0.611. The summed E-state index contributed by atoms with van der Waals surface area (Å²) in [5, 5.41) is 10.6. The molecule has 2 heterocycles. The van der Waals surface area contributed by atoms with Crippen molar-refractivity contribution in [2.45, 2.75) is 31.7 Å². The van der Waals surface area contributed by atoms with Gasteiger partial charge in [-0.25, -0.2) is 4.79 Å². The van der Waals surface area contributed by atoms with Crippen molar-refractivity contribution in [3.05, 3.63) is 52.1 Å². The van der Waals surface area contributed by atoms with Crippen molar-refractivity contribution in [2.75, 3.05) is 6.61 Å². The van der Waals surface area contributed by atoms with Gasteiger partial charge in [0.25, 0.3) is 5.69 Å². The number of rotatable bonds is 4. The molecule has 0 radical (unpaired) electrons. The van der Waals surface area contributed by atoms with Gasteiger partial charge in [0, 0.05) is 12.1 Å². The van der Waals surface area contributed by atoms with E-state index >= 15 is 0 Å². The SMILES string of the molecule is O=C(OCc1ccc([N+](=O)[O-])cc1)C1C/C=C\CO[C@@H]2CC(=O)N12. The van der Waals surface area contributed by atoms with Gasteiger partial charge >= 0.3 is 5.97 Å². The highest BCUT2D eigenvalue weighted by atomic mass is 16.6. The number of amides is 1. The van der Waals surface area contributed by atoms with Crippen LogP contribution in [0.3, 0.4) is 0 Å². The van der Waals surface area contributed by atoms with Crippen LogP contribution in [-0.2, 0) is 25.7 Å². The summed E-state index contributed by atoms with van der Waals surface area (Å²) >= 11 is 0. The second-order valence-corrected chi connectivity index (χ2v) is 5.55. The zero-order valence-electron chi connectivity index (χ0n) is 12.8. The highest BCUT2D eigenvalue weighted by molar-refractivity contribution is 5.89. The molecule has 2 aliphatic rings. The molecule has 8 heteroatoms. The zero-order chi connectivity index (χ0) is 17.1. The number of nitro groups is 1. The number of hydrogen-bond donors (Lipinski definition) is 0. The van der Waals surface area contributed by atoms with Crippen LogP contribution in [0.5, 0.6) is 0 Å². The predicted molar refractivity (Wildman–Crippen MR) is 81.6 cm³/mol. The molecule has 8 nitrogen and oxygen atoms in total. The average molecular weight is 332 g/mol. The number of esters is 1. The van der Waals surface area contributed by atoms with Gasteiger partial charge in [-0.1, -0.05) is 12.2 Å². The van der Waals surface area contributed by atoms with E-state index in [0.717, 1.165) is 0 Å². The van der Waals surface area contributed by atoms with Gasteiger partial charge in [-0.15, -0.1) is 0 Å². The van der Waals surface area contributed by atoms with Gasteiger partial charge in [-0.2, -0.15) is 0 Å². The Morgan fingerprint density at radius 2 is 2.08 bits per heavy atom. The number of nitrogens with zero attached hydrogens (tertiary/aromatic N) is 2. The minimum atomic E-state index is -0.703. The quantitative estimate of drug-likeness (QED) is 0.273. The molecule has 1 saturated heterocycles. The molecular formula is C16H16N2O6. The molecule has 1 aromatic rings. The van der Waals surface area contributed by atoms with E-state index in [9.17, 15) is 19.7 Å². The van der Waals surface area contributed by atoms with Gasteiger partial charge in [0.2, 0.25) is 5.91 Å². The van der Waals surface area contributed by atoms with Gasteiger partial charge in [-0.05, 0) is 24.1 Å². The Hall–Kier alpha value is -2.74. The second-order valence-electron chi connectivity index (χ2n) is 5.55. The lowest BCUT2D eigenvalue weighted by Gasteiger charge is -2.44. The first-order chi connectivity index (χ1) is 11.6. The van der Waals surface area contributed by atoms with Crippen molar-refractivity contribution < 1.29 is 24.0 Å². The summed E-state index contributed by atoms with van der Waals surface area (Å²) in [4.78, 5) is 35.6. The Balaban J connectivity index is 1.62. The Morgan fingerprint density at radius 3 is 2.75 bits per heavy atom. The summed E-state index contributed by atoms with van der Waals surface area (Å²) in [5.74, 6) is -0.644. The highest BCUT2D eigenvalue weighted by Gasteiger charge is 2.45. The molecule has 0 N–H and O–H groups in total. The molecule has 24 heavy (non-hydrogen) atoms. The van der Waals surface area contributed by atoms with Gasteiger partial charge in [-0.3, -0.25) is 14.9 Å². The van der Waals surface area contributed by atoms with Crippen LogP contribution in [0.1, 0.15) is 18.4 Å².